The average molecular weight is 344 g/mol. The molecule has 134 valence electrons. The number of hydrogen-bond acceptors (Lipinski definition) is 5. The van der Waals surface area contributed by atoms with Crippen LogP contribution in [0.1, 0.15) is 56.3 Å². The lowest BCUT2D eigenvalue weighted by Gasteiger charge is -2.32. The highest BCUT2D eigenvalue weighted by Gasteiger charge is 2.35. The van der Waals surface area contributed by atoms with Gasteiger partial charge >= 0.3 is 0 Å². The van der Waals surface area contributed by atoms with E-state index in [1.54, 1.807) is 25.1 Å². The van der Waals surface area contributed by atoms with Crippen molar-refractivity contribution in [2.24, 2.45) is 0 Å². The first-order valence-electron chi connectivity index (χ1n) is 8.50. The number of nitrogens with one attached hydrogen (secondary N) is 1. The van der Waals surface area contributed by atoms with Gasteiger partial charge in [0, 0.05) is 5.56 Å². The lowest BCUT2D eigenvalue weighted by atomic mass is 9.83. The molecule has 1 saturated carbocycles. The first kappa shape index (κ1) is 18.8. The fourth-order valence-corrected chi connectivity index (χ4v) is 2.99. The number of ether oxygens (including phenoxy) is 2. The van der Waals surface area contributed by atoms with Crippen molar-refractivity contribution in [3.63, 3.8) is 0 Å². The maximum atomic E-state index is 12.5. The number of ketones is 1. The molecule has 2 rings (SSSR count). The van der Waals surface area contributed by atoms with E-state index in [1.165, 1.54) is 14.0 Å². The van der Waals surface area contributed by atoms with Gasteiger partial charge in [-0.05, 0) is 44.9 Å². The van der Waals surface area contributed by atoms with Gasteiger partial charge in [-0.25, -0.2) is 0 Å². The number of carbonyl (C=O) groups excluding carboxylic acids is 2. The Morgan fingerprint density at radius 2 is 1.92 bits per heavy atom. The summed E-state index contributed by atoms with van der Waals surface area (Å²) in [5.41, 5.74) is -0.290. The van der Waals surface area contributed by atoms with Crippen molar-refractivity contribution in [1.82, 2.24) is 5.32 Å². The lowest BCUT2D eigenvalue weighted by molar-refractivity contribution is -0.129. The number of hydrogen-bond donors (Lipinski definition) is 1. The van der Waals surface area contributed by atoms with Crippen molar-refractivity contribution >= 4 is 11.7 Å². The van der Waals surface area contributed by atoms with E-state index in [1.807, 2.05) is 0 Å². The van der Waals surface area contributed by atoms with E-state index in [4.69, 9.17) is 9.47 Å². The topological polar surface area (TPSA) is 88.4 Å². The fraction of sp³-hybridized carbons (Fsp3) is 0.526. The van der Waals surface area contributed by atoms with Crippen LogP contribution in [0.4, 0.5) is 0 Å². The minimum atomic E-state index is -0.796. The summed E-state index contributed by atoms with van der Waals surface area (Å²) in [6, 6.07) is 7.08. The van der Waals surface area contributed by atoms with Gasteiger partial charge in [-0.15, -0.1) is 0 Å². The van der Waals surface area contributed by atoms with Crippen LogP contribution < -0.4 is 14.8 Å². The van der Waals surface area contributed by atoms with Crippen LogP contribution in [0, 0.1) is 11.3 Å². The Labute approximate surface area is 148 Å². The molecule has 0 radical (unpaired) electrons. The van der Waals surface area contributed by atoms with Crippen molar-refractivity contribution in [3.8, 4) is 17.6 Å². The van der Waals surface area contributed by atoms with E-state index in [-0.39, 0.29) is 11.7 Å². The van der Waals surface area contributed by atoms with Gasteiger partial charge in [-0.2, -0.15) is 5.26 Å². The smallest absolute Gasteiger partial charge is 0.262 e. The van der Waals surface area contributed by atoms with Gasteiger partial charge in [0.05, 0.1) is 13.2 Å². The number of amides is 1. The Hall–Kier alpha value is -2.55. The summed E-state index contributed by atoms with van der Waals surface area (Å²) in [4.78, 5) is 23.9. The number of carbonyl (C=O) groups is 2. The molecule has 1 aromatic carbocycles. The number of Topliss-reactive ketones (excluding diaryl/α,β-unsaturated/α-hetero) is 1. The summed E-state index contributed by atoms with van der Waals surface area (Å²) in [5, 5.41) is 12.3. The first-order chi connectivity index (χ1) is 11.9. The molecule has 1 aliphatic carbocycles. The predicted molar refractivity (Wildman–Crippen MR) is 92.7 cm³/mol. The summed E-state index contributed by atoms with van der Waals surface area (Å²) < 4.78 is 11.0. The molecular weight excluding hydrogens is 320 g/mol. The molecule has 25 heavy (non-hydrogen) atoms. The standard InChI is InChI=1S/C19H24N2O4/c1-13(22)15-7-8-16(17(11-15)24-3)25-14(2)18(23)21-19(12-20)9-5-4-6-10-19/h7-8,11,14H,4-6,9-10H2,1-3H3,(H,21,23)/t14-/m1/s1. The Balaban J connectivity index is 2.08. The van der Waals surface area contributed by atoms with E-state index < -0.39 is 11.6 Å². The van der Waals surface area contributed by atoms with Crippen molar-refractivity contribution in [1.29, 1.82) is 5.26 Å². The molecule has 0 unspecified atom stereocenters. The molecule has 1 atom stereocenters. The van der Waals surface area contributed by atoms with Crippen LogP contribution in [0.2, 0.25) is 0 Å². The molecule has 0 bridgehead atoms. The monoisotopic (exact) mass is 344 g/mol. The van der Waals surface area contributed by atoms with Crippen LogP contribution >= 0.6 is 0 Å². The molecule has 1 aliphatic rings. The van der Waals surface area contributed by atoms with Gasteiger partial charge < -0.3 is 14.8 Å². The quantitative estimate of drug-likeness (QED) is 0.801. The zero-order chi connectivity index (χ0) is 18.4. The number of nitriles is 1. The summed E-state index contributed by atoms with van der Waals surface area (Å²) in [5.74, 6) is 0.356. The zero-order valence-electron chi connectivity index (χ0n) is 14.9. The molecule has 0 heterocycles. The highest BCUT2D eigenvalue weighted by atomic mass is 16.5. The molecule has 1 amide bonds. The molecule has 6 heteroatoms. The molecule has 0 aliphatic heterocycles. The number of rotatable bonds is 6. The van der Waals surface area contributed by atoms with Gasteiger partial charge in [-0.1, -0.05) is 19.3 Å². The Morgan fingerprint density at radius 3 is 2.48 bits per heavy atom. The van der Waals surface area contributed by atoms with Crippen molar-refractivity contribution in [2.75, 3.05) is 7.11 Å². The first-order valence-corrected chi connectivity index (χ1v) is 8.50. The van der Waals surface area contributed by atoms with Crippen LogP contribution in [0.25, 0.3) is 0 Å². The molecule has 1 fully saturated rings. The highest BCUT2D eigenvalue weighted by Crippen LogP contribution is 2.30. The summed E-state index contributed by atoms with van der Waals surface area (Å²) in [7, 11) is 1.48. The van der Waals surface area contributed by atoms with Gasteiger partial charge in [0.25, 0.3) is 5.91 Å². The van der Waals surface area contributed by atoms with E-state index in [0.717, 1.165) is 19.3 Å². The maximum Gasteiger partial charge on any atom is 0.262 e. The molecule has 0 spiro atoms. The van der Waals surface area contributed by atoms with Gasteiger partial charge in [0.1, 0.15) is 5.54 Å². The largest absolute Gasteiger partial charge is 0.493 e. The second-order valence-corrected chi connectivity index (χ2v) is 6.43. The predicted octanol–water partition coefficient (Wildman–Crippen LogP) is 3.01. The van der Waals surface area contributed by atoms with E-state index >= 15 is 0 Å². The third-order valence-corrected chi connectivity index (χ3v) is 4.53. The zero-order valence-corrected chi connectivity index (χ0v) is 14.9. The van der Waals surface area contributed by atoms with Crippen molar-refractivity contribution < 1.29 is 19.1 Å². The maximum absolute atomic E-state index is 12.5. The SMILES string of the molecule is COc1cc(C(C)=O)ccc1O[C@H](C)C(=O)NC1(C#N)CCCCC1. The summed E-state index contributed by atoms with van der Waals surface area (Å²) >= 11 is 0. The van der Waals surface area contributed by atoms with Gasteiger partial charge in [0.2, 0.25) is 0 Å². The van der Waals surface area contributed by atoms with Crippen LogP contribution in [0.5, 0.6) is 11.5 Å². The van der Waals surface area contributed by atoms with E-state index in [9.17, 15) is 14.9 Å². The summed E-state index contributed by atoms with van der Waals surface area (Å²) in [6.45, 7) is 3.10. The van der Waals surface area contributed by atoms with E-state index in [2.05, 4.69) is 11.4 Å². The minimum absolute atomic E-state index is 0.0797. The van der Waals surface area contributed by atoms with E-state index in [0.29, 0.717) is 29.9 Å². The number of methoxy groups -OCH3 is 1. The molecule has 0 saturated heterocycles. The third-order valence-electron chi connectivity index (χ3n) is 4.53. The van der Waals surface area contributed by atoms with Crippen LogP contribution in [0.15, 0.2) is 18.2 Å². The lowest BCUT2D eigenvalue weighted by Crippen LogP contribution is -2.52. The summed E-state index contributed by atoms with van der Waals surface area (Å²) in [6.07, 6.45) is 3.50. The van der Waals surface area contributed by atoms with Crippen LogP contribution in [-0.2, 0) is 4.79 Å². The van der Waals surface area contributed by atoms with Crippen molar-refractivity contribution in [3.05, 3.63) is 23.8 Å². The Morgan fingerprint density at radius 1 is 1.24 bits per heavy atom. The number of nitrogens with zero attached hydrogens (tertiary/aromatic N) is 1. The van der Waals surface area contributed by atoms with Crippen molar-refractivity contribution in [2.45, 2.75) is 57.6 Å². The van der Waals surface area contributed by atoms with Crippen LogP contribution in [0.3, 0.4) is 0 Å². The molecule has 1 aromatic rings. The number of benzene rings is 1. The third kappa shape index (κ3) is 4.50. The molecule has 1 N–H and O–H groups in total. The normalized spacial score (nSPS) is 17.0. The van der Waals surface area contributed by atoms with Gasteiger partial charge in [-0.3, -0.25) is 9.59 Å². The second-order valence-electron chi connectivity index (χ2n) is 6.43. The molecule has 0 aromatic heterocycles. The Kier molecular flexibility index (Phi) is 6.02. The van der Waals surface area contributed by atoms with Crippen LogP contribution in [-0.4, -0.2) is 30.4 Å². The Bertz CT molecular complexity index is 687. The molecular formula is C19H24N2O4. The molecule has 6 nitrogen and oxygen atoms in total. The highest BCUT2D eigenvalue weighted by molar-refractivity contribution is 5.94. The van der Waals surface area contributed by atoms with Gasteiger partial charge in [0.15, 0.2) is 23.4 Å². The fourth-order valence-electron chi connectivity index (χ4n) is 2.99. The average Bonchev–Trinajstić information content (AvgIpc) is 2.62. The second kappa shape index (κ2) is 8.02. The minimum Gasteiger partial charge on any atom is -0.493 e.